The minimum atomic E-state index is -4.84. The molecular weight excluding hydrogens is 438 g/mol. The lowest BCUT2D eigenvalue weighted by atomic mass is 9.96. The summed E-state index contributed by atoms with van der Waals surface area (Å²) in [6.07, 6.45) is -1.02. The number of alkyl halides is 3. The number of aromatic nitrogens is 2. The zero-order valence-corrected chi connectivity index (χ0v) is 17.9. The number of nitrogens with two attached hydrogens (primary N) is 1. The predicted molar refractivity (Wildman–Crippen MR) is 117 cm³/mol. The molecule has 2 unspecified atom stereocenters. The van der Waals surface area contributed by atoms with Gasteiger partial charge in [0.05, 0.1) is 47.8 Å². The van der Waals surface area contributed by atoms with Crippen LogP contribution >= 0.6 is 0 Å². The molecule has 10 heteroatoms. The molecule has 0 spiro atoms. The van der Waals surface area contributed by atoms with E-state index < -0.39 is 23.6 Å². The topological polar surface area (TPSA) is 76.3 Å². The van der Waals surface area contributed by atoms with Gasteiger partial charge in [-0.1, -0.05) is 0 Å². The van der Waals surface area contributed by atoms with Crippen molar-refractivity contribution in [2.45, 2.75) is 44.1 Å². The lowest BCUT2D eigenvalue weighted by Gasteiger charge is -2.46. The summed E-state index contributed by atoms with van der Waals surface area (Å²) in [5, 5.41) is 12.0. The van der Waals surface area contributed by atoms with E-state index >= 15 is 0 Å². The number of nitrogen functional groups attached to an aromatic ring is 1. The molecule has 2 aromatic carbocycles. The maximum absolute atomic E-state index is 14.7. The molecule has 3 aromatic rings. The number of ether oxygens (including phenoxy) is 1. The van der Waals surface area contributed by atoms with Crippen molar-refractivity contribution in [2.75, 3.05) is 29.1 Å². The molecule has 0 radical (unpaired) electrons. The number of fused-ring (bicyclic) bond motifs is 4. The molecule has 3 saturated heterocycles. The third-order valence-corrected chi connectivity index (χ3v) is 6.41. The minimum absolute atomic E-state index is 0.158. The Kier molecular flexibility index (Phi) is 5.27. The minimum Gasteiger partial charge on any atom is -0.399 e. The summed E-state index contributed by atoms with van der Waals surface area (Å²) < 4.78 is 60.3. The van der Waals surface area contributed by atoms with Crippen molar-refractivity contribution in [3.63, 3.8) is 0 Å². The van der Waals surface area contributed by atoms with Gasteiger partial charge in [-0.3, -0.25) is 0 Å². The van der Waals surface area contributed by atoms with E-state index in [1.165, 1.54) is 12.3 Å². The number of rotatable bonds is 4. The highest BCUT2D eigenvalue weighted by atomic mass is 19.4. The second-order valence-electron chi connectivity index (χ2n) is 8.63. The molecule has 3 fully saturated rings. The molecule has 174 valence electrons. The predicted octanol–water partition coefficient (Wildman–Crippen LogP) is 4.91. The number of morpholine rings is 1. The van der Waals surface area contributed by atoms with E-state index in [0.717, 1.165) is 30.5 Å². The van der Waals surface area contributed by atoms with Crippen molar-refractivity contribution in [1.82, 2.24) is 10.2 Å². The van der Waals surface area contributed by atoms with E-state index in [4.69, 9.17) is 10.5 Å². The zero-order chi connectivity index (χ0) is 23.3. The Balaban J connectivity index is 1.49. The largest absolute Gasteiger partial charge is 0.419 e. The average molecular weight is 461 g/mol. The van der Waals surface area contributed by atoms with Crippen LogP contribution in [0.15, 0.2) is 36.5 Å². The normalized spacial score (nSPS) is 21.4. The Hall–Kier alpha value is -3.14. The molecule has 2 bridgehead atoms. The third-order valence-electron chi connectivity index (χ3n) is 6.41. The molecule has 3 atom stereocenters. The molecule has 33 heavy (non-hydrogen) atoms. The Morgan fingerprint density at radius 3 is 2.70 bits per heavy atom. The van der Waals surface area contributed by atoms with E-state index in [1.807, 2.05) is 18.2 Å². The Labute approximate surface area is 187 Å². The first-order valence-electron chi connectivity index (χ1n) is 10.8. The number of nitrogens with zero attached hydrogens (tertiary/aromatic N) is 3. The maximum atomic E-state index is 14.7. The molecule has 6 rings (SSSR count). The fourth-order valence-electron chi connectivity index (χ4n) is 4.71. The summed E-state index contributed by atoms with van der Waals surface area (Å²) in [7, 11) is 0. The van der Waals surface area contributed by atoms with E-state index in [9.17, 15) is 17.6 Å². The molecule has 3 aliphatic heterocycles. The van der Waals surface area contributed by atoms with Gasteiger partial charge in [-0.25, -0.2) is 4.39 Å². The van der Waals surface area contributed by atoms with Crippen LogP contribution in [0.25, 0.3) is 10.9 Å². The first-order chi connectivity index (χ1) is 15.7. The number of piperidine rings is 1. The van der Waals surface area contributed by atoms with Crippen LogP contribution in [0.2, 0.25) is 0 Å². The number of nitrogens with one attached hydrogen (secondary N) is 1. The maximum Gasteiger partial charge on any atom is 0.419 e. The van der Waals surface area contributed by atoms with Crippen LogP contribution in [0.5, 0.6) is 0 Å². The first kappa shape index (κ1) is 21.7. The van der Waals surface area contributed by atoms with Crippen molar-refractivity contribution in [1.29, 1.82) is 0 Å². The van der Waals surface area contributed by atoms with Crippen LogP contribution in [-0.4, -0.2) is 35.5 Å². The lowest BCUT2D eigenvalue weighted by molar-refractivity contribution is -0.140. The van der Waals surface area contributed by atoms with Gasteiger partial charge in [-0.05, 0) is 50.1 Å². The number of hydrogen-bond acceptors (Lipinski definition) is 6. The Bertz CT molecular complexity index is 1190. The van der Waals surface area contributed by atoms with Crippen molar-refractivity contribution < 1.29 is 22.3 Å². The van der Waals surface area contributed by atoms with Gasteiger partial charge in [0.15, 0.2) is 0 Å². The van der Waals surface area contributed by atoms with Crippen molar-refractivity contribution in [2.24, 2.45) is 0 Å². The summed E-state index contributed by atoms with van der Waals surface area (Å²) in [5.41, 5.74) is 6.12. The number of halogens is 4. The molecular formula is C23H23F4N5O. The van der Waals surface area contributed by atoms with Gasteiger partial charge in [-0.2, -0.15) is 23.4 Å². The van der Waals surface area contributed by atoms with E-state index in [1.54, 1.807) is 6.92 Å². The standard InChI is InChI=1S/C23H23F4N5O/c1-12(17-6-13(28)7-19(22(17)24)23(25,26)27)30-21-9-29-31-20-5-3-14(8-18(20)21)32-10-16-4-2-15(32)11-33-16/h3,5-9,12,15-16H,2,4,10-11,28H2,1H3,(H,30,31)/t12-,15?,16?/m1/s1. The van der Waals surface area contributed by atoms with E-state index in [2.05, 4.69) is 20.4 Å². The summed E-state index contributed by atoms with van der Waals surface area (Å²) in [4.78, 5) is 2.32. The van der Waals surface area contributed by atoms with Crippen molar-refractivity contribution in [3.8, 4) is 0 Å². The van der Waals surface area contributed by atoms with Gasteiger partial charge in [0.2, 0.25) is 0 Å². The number of hydrogen-bond donors (Lipinski definition) is 2. The van der Waals surface area contributed by atoms with Gasteiger partial charge < -0.3 is 20.7 Å². The van der Waals surface area contributed by atoms with Gasteiger partial charge >= 0.3 is 6.18 Å². The molecule has 0 saturated carbocycles. The third kappa shape index (κ3) is 4.03. The van der Waals surface area contributed by atoms with Crippen molar-refractivity contribution >= 4 is 28.0 Å². The van der Waals surface area contributed by atoms with E-state index in [-0.39, 0.29) is 17.4 Å². The molecule has 3 aliphatic rings. The Morgan fingerprint density at radius 1 is 1.21 bits per heavy atom. The summed E-state index contributed by atoms with van der Waals surface area (Å²) in [5.74, 6) is -1.34. The van der Waals surface area contributed by atoms with Crippen LogP contribution in [0.3, 0.4) is 0 Å². The van der Waals surface area contributed by atoms with Crippen LogP contribution in [0.4, 0.5) is 34.6 Å². The fourth-order valence-corrected chi connectivity index (χ4v) is 4.71. The molecule has 1 aromatic heterocycles. The highest BCUT2D eigenvalue weighted by Crippen LogP contribution is 2.38. The van der Waals surface area contributed by atoms with Gasteiger partial charge in [0.1, 0.15) is 5.82 Å². The highest BCUT2D eigenvalue weighted by molar-refractivity contribution is 5.93. The second kappa shape index (κ2) is 8.02. The second-order valence-corrected chi connectivity index (χ2v) is 8.63. The molecule has 0 aliphatic carbocycles. The first-order valence-corrected chi connectivity index (χ1v) is 10.8. The SMILES string of the molecule is C[C@@H](Nc1cnnc2ccc(N3CC4CCC3CO4)cc12)c1cc(N)cc(C(F)(F)F)c1F. The summed E-state index contributed by atoms with van der Waals surface area (Å²) >= 11 is 0. The Morgan fingerprint density at radius 2 is 2.03 bits per heavy atom. The van der Waals surface area contributed by atoms with Gasteiger partial charge in [0, 0.05) is 28.9 Å². The average Bonchev–Trinajstić information content (AvgIpc) is 2.80. The van der Waals surface area contributed by atoms with Gasteiger partial charge in [-0.15, -0.1) is 0 Å². The van der Waals surface area contributed by atoms with Crippen LogP contribution in [0.1, 0.15) is 36.9 Å². The highest BCUT2D eigenvalue weighted by Gasteiger charge is 2.37. The van der Waals surface area contributed by atoms with Gasteiger partial charge in [0.25, 0.3) is 0 Å². The summed E-state index contributed by atoms with van der Waals surface area (Å²) in [6, 6.07) is 7.16. The number of benzene rings is 2. The van der Waals surface area contributed by atoms with E-state index in [0.29, 0.717) is 29.9 Å². The summed E-state index contributed by atoms with van der Waals surface area (Å²) in [6.45, 7) is 3.08. The molecule has 6 nitrogen and oxygen atoms in total. The van der Waals surface area contributed by atoms with Crippen molar-refractivity contribution in [3.05, 3.63) is 53.5 Å². The molecule has 0 amide bonds. The quantitative estimate of drug-likeness (QED) is 0.425. The molecule has 3 N–H and O–H groups in total. The smallest absolute Gasteiger partial charge is 0.399 e. The monoisotopic (exact) mass is 461 g/mol. The van der Waals surface area contributed by atoms with Crippen LogP contribution in [-0.2, 0) is 10.9 Å². The van der Waals surface area contributed by atoms with Crippen LogP contribution in [0, 0.1) is 5.82 Å². The lowest BCUT2D eigenvalue weighted by Crippen LogP contribution is -2.54. The zero-order valence-electron chi connectivity index (χ0n) is 17.9. The van der Waals surface area contributed by atoms with Crippen LogP contribution < -0.4 is 16.0 Å². The fraction of sp³-hybridized carbons (Fsp3) is 0.391. The number of anilines is 3. The molecule has 4 heterocycles.